The topological polar surface area (TPSA) is 84.1 Å². The monoisotopic (exact) mass is 313 g/mol. The third-order valence-electron chi connectivity index (χ3n) is 3.32. The van der Waals surface area contributed by atoms with Crippen molar-refractivity contribution in [3.05, 3.63) is 10.7 Å². The average Bonchev–Trinajstić information content (AvgIpc) is 2.74. The first-order valence-electron chi connectivity index (χ1n) is 5.71. The molecule has 18 heavy (non-hydrogen) atoms. The highest BCUT2D eigenvalue weighted by Gasteiger charge is 2.39. The molecule has 0 aliphatic carbocycles. The van der Waals surface area contributed by atoms with Crippen molar-refractivity contribution in [3.63, 3.8) is 0 Å². The van der Waals surface area contributed by atoms with Gasteiger partial charge < -0.3 is 16.0 Å². The maximum atomic E-state index is 11.4. The van der Waals surface area contributed by atoms with Crippen LogP contribution in [0.4, 0.5) is 11.8 Å². The summed E-state index contributed by atoms with van der Waals surface area (Å²) < 4.78 is 0.815. The molecule has 1 saturated heterocycles. The van der Waals surface area contributed by atoms with Crippen LogP contribution in [-0.4, -0.2) is 36.0 Å². The van der Waals surface area contributed by atoms with Crippen molar-refractivity contribution >= 4 is 33.6 Å². The largest absolute Gasteiger partial charge is 0.369 e. The second kappa shape index (κ2) is 4.72. The van der Waals surface area contributed by atoms with E-state index in [9.17, 15) is 4.79 Å². The number of amides is 1. The molecule has 1 aromatic rings. The molecule has 1 atom stereocenters. The van der Waals surface area contributed by atoms with Crippen LogP contribution in [0, 0.1) is 5.41 Å². The van der Waals surface area contributed by atoms with Gasteiger partial charge in [0.15, 0.2) is 0 Å². The number of nitrogens with two attached hydrogens (primary N) is 1. The summed E-state index contributed by atoms with van der Waals surface area (Å²) in [5.74, 6) is 1.09. The van der Waals surface area contributed by atoms with E-state index in [0.717, 1.165) is 23.3 Å². The van der Waals surface area contributed by atoms with Gasteiger partial charge in [0.25, 0.3) is 0 Å². The van der Waals surface area contributed by atoms with Gasteiger partial charge in [-0.05, 0) is 29.3 Å². The highest BCUT2D eigenvalue weighted by atomic mass is 79.9. The molecule has 7 heteroatoms. The Bertz CT molecular complexity index is 481. The van der Waals surface area contributed by atoms with E-state index in [4.69, 9.17) is 5.73 Å². The molecule has 1 unspecified atom stereocenters. The maximum Gasteiger partial charge on any atom is 0.225 e. The minimum atomic E-state index is -0.482. The van der Waals surface area contributed by atoms with Crippen LogP contribution in [-0.2, 0) is 4.79 Å². The van der Waals surface area contributed by atoms with Gasteiger partial charge in [-0.2, -0.15) is 4.98 Å². The summed E-state index contributed by atoms with van der Waals surface area (Å²) >= 11 is 3.43. The summed E-state index contributed by atoms with van der Waals surface area (Å²) in [6, 6.07) is 0. The van der Waals surface area contributed by atoms with Crippen molar-refractivity contribution in [2.75, 3.05) is 30.4 Å². The molecule has 1 aliphatic rings. The zero-order chi connectivity index (χ0) is 13.3. The quantitative estimate of drug-likeness (QED) is 0.869. The zero-order valence-corrected chi connectivity index (χ0v) is 12.0. The number of rotatable bonds is 3. The fourth-order valence-corrected chi connectivity index (χ4v) is 2.49. The van der Waals surface area contributed by atoms with Crippen molar-refractivity contribution in [1.29, 1.82) is 0 Å². The van der Waals surface area contributed by atoms with Gasteiger partial charge >= 0.3 is 0 Å². The van der Waals surface area contributed by atoms with E-state index in [-0.39, 0.29) is 5.91 Å². The minimum absolute atomic E-state index is 0.260. The third kappa shape index (κ3) is 2.27. The molecule has 1 aromatic heterocycles. The van der Waals surface area contributed by atoms with E-state index >= 15 is 0 Å². The zero-order valence-electron chi connectivity index (χ0n) is 10.4. The molecule has 2 rings (SSSR count). The number of hydrogen-bond acceptors (Lipinski definition) is 5. The summed E-state index contributed by atoms with van der Waals surface area (Å²) in [7, 11) is 1.77. The lowest BCUT2D eigenvalue weighted by Crippen LogP contribution is -2.37. The summed E-state index contributed by atoms with van der Waals surface area (Å²) in [4.78, 5) is 22.0. The Labute approximate surface area is 114 Å². The Morgan fingerprint density at radius 1 is 1.67 bits per heavy atom. The van der Waals surface area contributed by atoms with Crippen molar-refractivity contribution in [2.24, 2.45) is 11.1 Å². The molecule has 0 spiro atoms. The predicted octanol–water partition coefficient (Wildman–Crippen LogP) is 0.982. The molecule has 2 heterocycles. The Balaban J connectivity index is 2.26. The van der Waals surface area contributed by atoms with Crippen LogP contribution in [0.1, 0.15) is 13.3 Å². The van der Waals surface area contributed by atoms with Crippen LogP contribution in [0.2, 0.25) is 0 Å². The lowest BCUT2D eigenvalue weighted by Gasteiger charge is -2.22. The highest BCUT2D eigenvalue weighted by molar-refractivity contribution is 9.10. The smallest absolute Gasteiger partial charge is 0.225 e. The molecule has 3 N–H and O–H groups in total. The van der Waals surface area contributed by atoms with Crippen LogP contribution in [0.5, 0.6) is 0 Å². The Kier molecular flexibility index (Phi) is 3.43. The first-order valence-corrected chi connectivity index (χ1v) is 6.51. The number of anilines is 2. The summed E-state index contributed by atoms with van der Waals surface area (Å²) in [5, 5.41) is 2.90. The van der Waals surface area contributed by atoms with Crippen LogP contribution < -0.4 is 16.0 Å². The van der Waals surface area contributed by atoms with Crippen molar-refractivity contribution in [1.82, 2.24) is 9.97 Å². The normalized spacial score (nSPS) is 23.2. The summed E-state index contributed by atoms with van der Waals surface area (Å²) in [6.07, 6.45) is 2.45. The number of halogens is 1. The molecule has 1 aliphatic heterocycles. The van der Waals surface area contributed by atoms with Crippen molar-refractivity contribution in [3.8, 4) is 0 Å². The fraction of sp³-hybridized carbons (Fsp3) is 0.545. The SMILES string of the molecule is CNc1ncc(Br)c(N2CCC(C)(C(N)=O)C2)n1. The standard InChI is InChI=1S/C11H16BrN5O/c1-11(9(13)18)3-4-17(6-11)8-7(12)5-15-10(14-2)16-8/h5H,3-4,6H2,1-2H3,(H2,13,18)(H,14,15,16). The van der Waals surface area contributed by atoms with E-state index in [0.29, 0.717) is 12.5 Å². The average molecular weight is 314 g/mol. The van der Waals surface area contributed by atoms with Gasteiger partial charge in [-0.1, -0.05) is 0 Å². The van der Waals surface area contributed by atoms with Gasteiger partial charge in [-0.3, -0.25) is 4.79 Å². The number of carbonyl (C=O) groups is 1. The Morgan fingerprint density at radius 2 is 2.39 bits per heavy atom. The number of nitrogens with one attached hydrogen (secondary N) is 1. The van der Waals surface area contributed by atoms with E-state index in [1.165, 1.54) is 0 Å². The lowest BCUT2D eigenvalue weighted by atomic mass is 9.89. The molecule has 1 amide bonds. The van der Waals surface area contributed by atoms with Crippen molar-refractivity contribution < 1.29 is 4.79 Å². The van der Waals surface area contributed by atoms with Gasteiger partial charge in [0.2, 0.25) is 11.9 Å². The lowest BCUT2D eigenvalue weighted by molar-refractivity contribution is -0.125. The van der Waals surface area contributed by atoms with Crippen LogP contribution >= 0.6 is 15.9 Å². The van der Waals surface area contributed by atoms with E-state index < -0.39 is 5.41 Å². The second-order valence-corrected chi connectivity index (χ2v) is 5.57. The number of aromatic nitrogens is 2. The molecule has 98 valence electrons. The van der Waals surface area contributed by atoms with Crippen molar-refractivity contribution in [2.45, 2.75) is 13.3 Å². The first kappa shape index (κ1) is 13.1. The van der Waals surface area contributed by atoms with Crippen LogP contribution in [0.15, 0.2) is 10.7 Å². The predicted molar refractivity (Wildman–Crippen MR) is 73.4 cm³/mol. The molecular weight excluding hydrogens is 298 g/mol. The van der Waals surface area contributed by atoms with E-state index in [2.05, 4.69) is 36.1 Å². The van der Waals surface area contributed by atoms with E-state index in [1.807, 2.05) is 6.92 Å². The number of hydrogen-bond donors (Lipinski definition) is 2. The fourth-order valence-electron chi connectivity index (χ4n) is 2.04. The van der Waals surface area contributed by atoms with Gasteiger partial charge in [-0.25, -0.2) is 4.98 Å². The summed E-state index contributed by atoms with van der Waals surface area (Å²) in [5.41, 5.74) is 4.96. The number of nitrogens with zero attached hydrogens (tertiary/aromatic N) is 3. The number of carbonyl (C=O) groups excluding carboxylic acids is 1. The molecule has 0 saturated carbocycles. The highest BCUT2D eigenvalue weighted by Crippen LogP contribution is 2.35. The molecule has 6 nitrogen and oxygen atoms in total. The van der Waals surface area contributed by atoms with Gasteiger partial charge in [-0.15, -0.1) is 0 Å². The molecule has 0 radical (unpaired) electrons. The number of primary amides is 1. The van der Waals surface area contributed by atoms with E-state index in [1.54, 1.807) is 13.2 Å². The molecule has 1 fully saturated rings. The Morgan fingerprint density at radius 3 is 2.94 bits per heavy atom. The first-order chi connectivity index (χ1) is 8.46. The Hall–Kier alpha value is -1.37. The summed E-state index contributed by atoms with van der Waals surface area (Å²) in [6.45, 7) is 3.24. The molecular formula is C11H16BrN5O. The molecule has 0 bridgehead atoms. The van der Waals surface area contributed by atoms with Crippen LogP contribution in [0.25, 0.3) is 0 Å². The van der Waals surface area contributed by atoms with Crippen LogP contribution in [0.3, 0.4) is 0 Å². The minimum Gasteiger partial charge on any atom is -0.369 e. The third-order valence-corrected chi connectivity index (χ3v) is 3.88. The molecule has 0 aromatic carbocycles. The van der Waals surface area contributed by atoms with Gasteiger partial charge in [0.05, 0.1) is 9.89 Å². The van der Waals surface area contributed by atoms with Gasteiger partial charge in [0.1, 0.15) is 5.82 Å². The second-order valence-electron chi connectivity index (χ2n) is 4.71. The maximum absolute atomic E-state index is 11.4. The van der Waals surface area contributed by atoms with Gasteiger partial charge in [0, 0.05) is 26.3 Å².